The smallest absolute Gasteiger partial charge is 0.201 e. The van der Waals surface area contributed by atoms with Crippen molar-refractivity contribution in [3.63, 3.8) is 0 Å². The van der Waals surface area contributed by atoms with Gasteiger partial charge in [-0.25, -0.2) is 0 Å². The maximum Gasteiger partial charge on any atom is 0.201 e. The quantitative estimate of drug-likeness (QED) is 0.761. The normalized spacial score (nSPS) is 10.4. The predicted molar refractivity (Wildman–Crippen MR) is 54.5 cm³/mol. The summed E-state index contributed by atoms with van der Waals surface area (Å²) in [4.78, 5) is 14.0. The Morgan fingerprint density at radius 1 is 1.46 bits per heavy atom. The zero-order chi connectivity index (χ0) is 9.84. The first-order chi connectivity index (χ1) is 6.15. The van der Waals surface area contributed by atoms with Gasteiger partial charge in [-0.3, -0.25) is 4.79 Å². The largest absolute Gasteiger partial charge is 0.348 e. The number of aryl methyl sites for hydroxylation is 1. The number of nitrogens with one attached hydrogen (secondary N) is 1. The molecule has 0 radical (unpaired) electrons. The zero-order valence-electron chi connectivity index (χ0n) is 6.94. The summed E-state index contributed by atoms with van der Waals surface area (Å²) in [7, 11) is 0. The van der Waals surface area contributed by atoms with Gasteiger partial charge >= 0.3 is 0 Å². The van der Waals surface area contributed by atoms with Crippen molar-refractivity contribution in [2.24, 2.45) is 5.73 Å². The predicted octanol–water partition coefficient (Wildman–Crippen LogP) is 1.57. The molecule has 0 saturated heterocycles. The Kier molecular flexibility index (Phi) is 3.78. The van der Waals surface area contributed by atoms with Crippen molar-refractivity contribution in [3.8, 4) is 0 Å². The molecule has 0 fully saturated rings. The van der Waals surface area contributed by atoms with Crippen LogP contribution in [0.25, 0.3) is 0 Å². The van der Waals surface area contributed by atoms with Crippen molar-refractivity contribution in [1.29, 1.82) is 0 Å². The van der Waals surface area contributed by atoms with Crippen LogP contribution in [-0.4, -0.2) is 11.5 Å². The highest BCUT2D eigenvalue weighted by molar-refractivity contribution is 6.32. The molecule has 3 N–H and O–H groups in total. The Bertz CT molecular complexity index is 348. The van der Waals surface area contributed by atoms with Gasteiger partial charge in [0.1, 0.15) is 10.2 Å². The summed E-state index contributed by atoms with van der Waals surface area (Å²) in [6.07, 6.45) is 1.42. The van der Waals surface area contributed by atoms with Crippen molar-refractivity contribution < 1.29 is 0 Å². The standard InChI is InChI=1S/C8H10Cl2N2O/c9-7-4-6(13)8(10)5(12-7)2-1-3-11/h4H,1-3,11H2,(H,12,13). The first kappa shape index (κ1) is 10.6. The van der Waals surface area contributed by atoms with Gasteiger partial charge in [-0.2, -0.15) is 0 Å². The van der Waals surface area contributed by atoms with Crippen LogP contribution in [0.4, 0.5) is 0 Å². The number of aromatic amines is 1. The van der Waals surface area contributed by atoms with Crippen LogP contribution in [0.5, 0.6) is 0 Å². The van der Waals surface area contributed by atoms with Gasteiger partial charge in [0.15, 0.2) is 0 Å². The highest BCUT2D eigenvalue weighted by Gasteiger charge is 2.05. The van der Waals surface area contributed by atoms with Crippen molar-refractivity contribution in [1.82, 2.24) is 4.98 Å². The van der Waals surface area contributed by atoms with Gasteiger partial charge in [0.05, 0.1) is 0 Å². The van der Waals surface area contributed by atoms with Crippen LogP contribution in [-0.2, 0) is 6.42 Å². The maximum absolute atomic E-state index is 11.2. The third kappa shape index (κ3) is 2.72. The first-order valence-electron chi connectivity index (χ1n) is 3.92. The van der Waals surface area contributed by atoms with Crippen molar-refractivity contribution in [3.05, 3.63) is 32.2 Å². The van der Waals surface area contributed by atoms with Crippen LogP contribution in [0.2, 0.25) is 10.2 Å². The number of H-pyrrole nitrogens is 1. The molecule has 1 aromatic rings. The lowest BCUT2D eigenvalue weighted by Crippen LogP contribution is -2.08. The highest BCUT2D eigenvalue weighted by Crippen LogP contribution is 2.13. The van der Waals surface area contributed by atoms with Crippen LogP contribution in [0.15, 0.2) is 10.9 Å². The van der Waals surface area contributed by atoms with E-state index in [1.54, 1.807) is 0 Å². The Labute approximate surface area is 85.9 Å². The number of aromatic nitrogens is 1. The average Bonchev–Trinajstić information content (AvgIpc) is 2.09. The molecular weight excluding hydrogens is 211 g/mol. The van der Waals surface area contributed by atoms with Crippen LogP contribution < -0.4 is 11.2 Å². The lowest BCUT2D eigenvalue weighted by molar-refractivity contribution is 0.809. The summed E-state index contributed by atoms with van der Waals surface area (Å²) >= 11 is 11.4. The molecule has 1 rings (SSSR count). The van der Waals surface area contributed by atoms with E-state index in [4.69, 9.17) is 28.9 Å². The van der Waals surface area contributed by atoms with E-state index < -0.39 is 0 Å². The Morgan fingerprint density at radius 2 is 2.15 bits per heavy atom. The second kappa shape index (κ2) is 4.65. The molecule has 0 saturated carbocycles. The van der Waals surface area contributed by atoms with Gasteiger partial charge in [0, 0.05) is 11.8 Å². The minimum atomic E-state index is -0.252. The van der Waals surface area contributed by atoms with E-state index in [0.717, 1.165) is 6.42 Å². The summed E-state index contributed by atoms with van der Waals surface area (Å²) in [5.41, 5.74) is 5.74. The number of hydrogen-bond acceptors (Lipinski definition) is 2. The van der Waals surface area contributed by atoms with Gasteiger partial charge < -0.3 is 10.7 Å². The molecule has 0 aromatic carbocycles. The number of nitrogens with two attached hydrogens (primary N) is 1. The molecule has 1 aromatic heterocycles. The zero-order valence-corrected chi connectivity index (χ0v) is 8.45. The molecule has 0 spiro atoms. The van der Waals surface area contributed by atoms with E-state index in [1.807, 2.05) is 0 Å². The minimum Gasteiger partial charge on any atom is -0.348 e. The van der Waals surface area contributed by atoms with Crippen molar-refractivity contribution in [2.45, 2.75) is 12.8 Å². The van der Waals surface area contributed by atoms with E-state index >= 15 is 0 Å². The molecular formula is C8H10Cl2N2O. The molecule has 0 unspecified atom stereocenters. The van der Waals surface area contributed by atoms with Crippen molar-refractivity contribution in [2.75, 3.05) is 6.54 Å². The fourth-order valence-corrected chi connectivity index (χ4v) is 1.42. The summed E-state index contributed by atoms with van der Waals surface area (Å²) in [5.74, 6) is 0. The molecule has 0 amide bonds. The minimum absolute atomic E-state index is 0.206. The fourth-order valence-electron chi connectivity index (χ4n) is 1.01. The summed E-state index contributed by atoms with van der Waals surface area (Å²) < 4.78 is 0. The third-order valence-electron chi connectivity index (χ3n) is 1.64. The lowest BCUT2D eigenvalue weighted by Gasteiger charge is -2.03. The lowest BCUT2D eigenvalue weighted by atomic mass is 10.2. The topological polar surface area (TPSA) is 58.9 Å². The Balaban J connectivity index is 2.99. The molecule has 5 heteroatoms. The van der Waals surface area contributed by atoms with Crippen LogP contribution in [0.3, 0.4) is 0 Å². The number of hydrogen-bond donors (Lipinski definition) is 2. The molecule has 3 nitrogen and oxygen atoms in total. The highest BCUT2D eigenvalue weighted by atomic mass is 35.5. The van der Waals surface area contributed by atoms with Crippen LogP contribution in [0, 0.1) is 0 Å². The third-order valence-corrected chi connectivity index (χ3v) is 2.26. The molecule has 0 aliphatic rings. The maximum atomic E-state index is 11.2. The summed E-state index contributed by atoms with van der Waals surface area (Å²) in [6.45, 7) is 0.560. The van der Waals surface area contributed by atoms with E-state index in [1.165, 1.54) is 6.07 Å². The molecule has 0 aliphatic carbocycles. The van der Waals surface area contributed by atoms with Gasteiger partial charge in [0.2, 0.25) is 5.43 Å². The molecule has 1 heterocycles. The monoisotopic (exact) mass is 220 g/mol. The Hall–Kier alpha value is -0.510. The summed E-state index contributed by atoms with van der Waals surface area (Å²) in [5, 5.41) is 0.513. The molecule has 72 valence electrons. The number of halogens is 2. The fraction of sp³-hybridized carbons (Fsp3) is 0.375. The second-order valence-corrected chi connectivity index (χ2v) is 3.45. The number of pyridine rings is 1. The van der Waals surface area contributed by atoms with E-state index in [-0.39, 0.29) is 10.5 Å². The molecule has 0 aliphatic heterocycles. The van der Waals surface area contributed by atoms with Crippen LogP contribution in [0.1, 0.15) is 12.1 Å². The van der Waals surface area contributed by atoms with Gasteiger partial charge in [-0.05, 0) is 19.4 Å². The summed E-state index contributed by atoms with van der Waals surface area (Å²) in [6, 6.07) is 1.26. The Morgan fingerprint density at radius 3 is 2.77 bits per heavy atom. The number of rotatable bonds is 3. The van der Waals surface area contributed by atoms with E-state index in [2.05, 4.69) is 4.98 Å². The van der Waals surface area contributed by atoms with Gasteiger partial charge in [-0.1, -0.05) is 23.2 Å². The first-order valence-corrected chi connectivity index (χ1v) is 4.68. The average molecular weight is 221 g/mol. The van der Waals surface area contributed by atoms with E-state index in [0.29, 0.717) is 23.8 Å². The molecule has 0 bridgehead atoms. The molecule has 0 atom stereocenters. The van der Waals surface area contributed by atoms with Gasteiger partial charge in [0.25, 0.3) is 0 Å². The van der Waals surface area contributed by atoms with Crippen LogP contribution >= 0.6 is 23.2 Å². The molecule has 13 heavy (non-hydrogen) atoms. The second-order valence-electron chi connectivity index (χ2n) is 2.67. The van der Waals surface area contributed by atoms with Gasteiger partial charge in [-0.15, -0.1) is 0 Å². The van der Waals surface area contributed by atoms with Crippen molar-refractivity contribution >= 4 is 23.2 Å². The SMILES string of the molecule is NCCCc1[nH]c(Cl)cc(=O)c1Cl. The van der Waals surface area contributed by atoms with E-state index in [9.17, 15) is 4.79 Å².